The van der Waals surface area contributed by atoms with Crippen LogP contribution in [0.1, 0.15) is 11.1 Å². The predicted octanol–water partition coefficient (Wildman–Crippen LogP) is 2.91. The summed E-state index contributed by atoms with van der Waals surface area (Å²) in [6.45, 7) is 0.250. The topological polar surface area (TPSA) is 108 Å². The highest BCUT2D eigenvalue weighted by molar-refractivity contribution is 6.30. The highest BCUT2D eigenvalue weighted by atomic mass is 35.5. The van der Waals surface area contributed by atoms with E-state index >= 15 is 0 Å². The van der Waals surface area contributed by atoms with Crippen molar-refractivity contribution < 1.29 is 4.74 Å². The quantitative estimate of drug-likeness (QED) is 0.435. The first-order valence-corrected chi connectivity index (χ1v) is 10.8. The van der Waals surface area contributed by atoms with Gasteiger partial charge in [-0.3, -0.25) is 9.55 Å². The van der Waals surface area contributed by atoms with Crippen molar-refractivity contribution in [1.29, 1.82) is 0 Å². The minimum absolute atomic E-state index is 0.0638. The molecule has 174 valence electrons. The largest absolute Gasteiger partial charge is 0.497 e. The molecule has 10 heteroatoms. The molecule has 2 aromatic heterocycles. The van der Waals surface area contributed by atoms with Crippen molar-refractivity contribution in [2.45, 2.75) is 13.1 Å². The minimum atomic E-state index is -0.662. The number of hydrogen-bond donors (Lipinski definition) is 1. The predicted molar refractivity (Wildman–Crippen MR) is 132 cm³/mol. The Labute approximate surface area is 200 Å². The summed E-state index contributed by atoms with van der Waals surface area (Å²) >= 11 is 5.96. The molecule has 0 saturated heterocycles. The average Bonchev–Trinajstić information content (AvgIpc) is 2.84. The van der Waals surface area contributed by atoms with Gasteiger partial charge in [0.05, 0.1) is 37.8 Å². The standard InChI is InChI=1S/C24H23ClN6O3/c1-29(20-11-19(26)12-27-13-20)22-28-23(32)31(15-16-3-7-18(25)8-4-16)24(33)30(22)14-17-5-9-21(34-2)10-6-17/h3-13H,14-15,26H2,1-2H3. The number of pyridine rings is 1. The van der Waals surface area contributed by atoms with Crippen LogP contribution >= 0.6 is 11.6 Å². The van der Waals surface area contributed by atoms with Crippen LogP contribution in [0.15, 0.2) is 76.6 Å². The highest BCUT2D eigenvalue weighted by Gasteiger charge is 2.18. The highest BCUT2D eigenvalue weighted by Crippen LogP contribution is 2.22. The van der Waals surface area contributed by atoms with Crippen LogP contribution < -0.4 is 26.7 Å². The molecule has 0 atom stereocenters. The van der Waals surface area contributed by atoms with Crippen molar-refractivity contribution in [2.75, 3.05) is 24.8 Å². The normalized spacial score (nSPS) is 10.8. The maximum Gasteiger partial charge on any atom is 0.355 e. The Kier molecular flexibility index (Phi) is 6.65. The number of ether oxygens (including phenoxy) is 1. The molecule has 0 bridgehead atoms. The van der Waals surface area contributed by atoms with Gasteiger partial charge >= 0.3 is 11.4 Å². The van der Waals surface area contributed by atoms with Gasteiger partial charge in [-0.2, -0.15) is 4.98 Å². The lowest BCUT2D eigenvalue weighted by atomic mass is 10.2. The van der Waals surface area contributed by atoms with E-state index in [0.29, 0.717) is 22.1 Å². The fourth-order valence-electron chi connectivity index (χ4n) is 3.48. The summed E-state index contributed by atoms with van der Waals surface area (Å²) in [5.74, 6) is 0.871. The molecule has 0 fully saturated rings. The van der Waals surface area contributed by atoms with Crippen LogP contribution in [0.5, 0.6) is 5.75 Å². The molecule has 2 N–H and O–H groups in total. The van der Waals surface area contributed by atoms with Crippen LogP contribution in [-0.4, -0.2) is 33.3 Å². The van der Waals surface area contributed by atoms with Gasteiger partial charge < -0.3 is 15.4 Å². The Balaban J connectivity index is 1.82. The summed E-state index contributed by atoms with van der Waals surface area (Å²) < 4.78 is 7.77. The van der Waals surface area contributed by atoms with E-state index in [2.05, 4.69) is 9.97 Å². The molecule has 9 nitrogen and oxygen atoms in total. The SMILES string of the molecule is COc1ccc(Cn2c(N(C)c3cncc(N)c3)nc(=O)n(Cc3ccc(Cl)cc3)c2=O)cc1. The van der Waals surface area contributed by atoms with Gasteiger partial charge in [-0.05, 0) is 41.5 Å². The number of nitrogen functional groups attached to an aromatic ring is 1. The lowest BCUT2D eigenvalue weighted by Crippen LogP contribution is -2.44. The molecule has 34 heavy (non-hydrogen) atoms. The Morgan fingerprint density at radius 2 is 1.59 bits per heavy atom. The van der Waals surface area contributed by atoms with E-state index in [0.717, 1.165) is 15.7 Å². The van der Waals surface area contributed by atoms with Gasteiger partial charge in [-0.15, -0.1) is 0 Å². The van der Waals surface area contributed by atoms with E-state index in [9.17, 15) is 9.59 Å². The third-order valence-electron chi connectivity index (χ3n) is 5.32. The molecule has 4 aromatic rings. The lowest BCUT2D eigenvalue weighted by Gasteiger charge is -2.23. The summed E-state index contributed by atoms with van der Waals surface area (Å²) in [7, 11) is 3.29. The third kappa shape index (κ3) is 4.94. The third-order valence-corrected chi connectivity index (χ3v) is 5.57. The maximum atomic E-state index is 13.6. The molecule has 0 aliphatic carbocycles. The maximum absolute atomic E-state index is 13.6. The molecule has 0 radical (unpaired) electrons. The van der Waals surface area contributed by atoms with E-state index in [4.69, 9.17) is 22.1 Å². The van der Waals surface area contributed by atoms with Gasteiger partial charge in [0.15, 0.2) is 0 Å². The Morgan fingerprint density at radius 3 is 2.21 bits per heavy atom. The first kappa shape index (κ1) is 23.1. The number of methoxy groups -OCH3 is 1. The molecule has 0 aliphatic rings. The molecular weight excluding hydrogens is 456 g/mol. The van der Waals surface area contributed by atoms with Crippen LogP contribution in [0.4, 0.5) is 17.3 Å². The van der Waals surface area contributed by atoms with Gasteiger partial charge in [-0.1, -0.05) is 35.9 Å². The second kappa shape index (κ2) is 9.80. The van der Waals surface area contributed by atoms with Crippen molar-refractivity contribution in [3.63, 3.8) is 0 Å². The van der Waals surface area contributed by atoms with E-state index in [1.165, 1.54) is 10.8 Å². The monoisotopic (exact) mass is 478 g/mol. The van der Waals surface area contributed by atoms with E-state index in [-0.39, 0.29) is 19.0 Å². The van der Waals surface area contributed by atoms with Gasteiger partial charge in [0, 0.05) is 18.3 Å². The fourth-order valence-corrected chi connectivity index (χ4v) is 3.60. The average molecular weight is 479 g/mol. The summed E-state index contributed by atoms with van der Waals surface area (Å²) in [5, 5.41) is 0.568. The van der Waals surface area contributed by atoms with Gasteiger partial charge in [0.25, 0.3) is 0 Å². The number of nitrogens with two attached hydrogens (primary N) is 1. The number of aromatic nitrogens is 4. The molecular formula is C24H23ClN6O3. The van der Waals surface area contributed by atoms with Crippen LogP contribution in [0.3, 0.4) is 0 Å². The number of nitrogens with zero attached hydrogens (tertiary/aromatic N) is 5. The molecule has 4 rings (SSSR count). The lowest BCUT2D eigenvalue weighted by molar-refractivity contribution is 0.414. The first-order valence-electron chi connectivity index (χ1n) is 10.4. The van der Waals surface area contributed by atoms with Gasteiger partial charge in [0.1, 0.15) is 5.75 Å². The van der Waals surface area contributed by atoms with Crippen LogP contribution in [-0.2, 0) is 13.1 Å². The number of anilines is 3. The molecule has 0 aliphatic heterocycles. The molecule has 0 unspecified atom stereocenters. The van der Waals surface area contributed by atoms with Gasteiger partial charge in [0.2, 0.25) is 5.95 Å². The van der Waals surface area contributed by atoms with Crippen molar-refractivity contribution in [2.24, 2.45) is 0 Å². The molecule has 0 spiro atoms. The first-order chi connectivity index (χ1) is 16.4. The van der Waals surface area contributed by atoms with Crippen LogP contribution in [0.2, 0.25) is 5.02 Å². The van der Waals surface area contributed by atoms with Crippen molar-refractivity contribution >= 4 is 28.9 Å². The zero-order valence-corrected chi connectivity index (χ0v) is 19.4. The fraction of sp³-hybridized carbons (Fsp3) is 0.167. The van der Waals surface area contributed by atoms with Crippen molar-refractivity contribution in [1.82, 2.24) is 19.1 Å². The minimum Gasteiger partial charge on any atom is -0.497 e. The van der Waals surface area contributed by atoms with Crippen molar-refractivity contribution in [3.8, 4) is 5.75 Å². The van der Waals surface area contributed by atoms with E-state index in [1.807, 2.05) is 24.3 Å². The zero-order chi connectivity index (χ0) is 24.2. The smallest absolute Gasteiger partial charge is 0.355 e. The zero-order valence-electron chi connectivity index (χ0n) is 18.7. The summed E-state index contributed by atoms with van der Waals surface area (Å²) in [5.41, 5.74) is 7.34. The molecule has 2 aromatic carbocycles. The molecule has 0 saturated carbocycles. The Morgan fingerprint density at radius 1 is 0.971 bits per heavy atom. The number of benzene rings is 2. The second-order valence-electron chi connectivity index (χ2n) is 7.66. The van der Waals surface area contributed by atoms with Crippen LogP contribution in [0.25, 0.3) is 0 Å². The van der Waals surface area contributed by atoms with Gasteiger partial charge in [-0.25, -0.2) is 14.2 Å². The number of halogens is 1. The van der Waals surface area contributed by atoms with Crippen LogP contribution in [0, 0.1) is 0 Å². The molecule has 2 heterocycles. The summed E-state index contributed by atoms with van der Waals surface area (Å²) in [6.07, 6.45) is 3.10. The molecule has 0 amide bonds. The van der Waals surface area contributed by atoms with Crippen molar-refractivity contribution in [3.05, 3.63) is 104 Å². The Hall–Kier alpha value is -4.11. The summed E-state index contributed by atoms with van der Waals surface area (Å²) in [6, 6.07) is 16.0. The second-order valence-corrected chi connectivity index (χ2v) is 8.10. The number of hydrogen-bond acceptors (Lipinski definition) is 7. The summed E-state index contributed by atoms with van der Waals surface area (Å²) in [4.78, 5) is 36.5. The van der Waals surface area contributed by atoms with E-state index in [1.54, 1.807) is 55.6 Å². The Bertz CT molecular complexity index is 1410. The van der Waals surface area contributed by atoms with E-state index < -0.39 is 11.4 Å². The number of rotatable bonds is 7.